The molecule has 30 heavy (non-hydrogen) atoms. The molecule has 1 saturated heterocycles. The van der Waals surface area contributed by atoms with Crippen molar-refractivity contribution in [2.45, 2.75) is 18.7 Å². The molecular formula is C21H20N6O3. The first kappa shape index (κ1) is 18.5. The summed E-state index contributed by atoms with van der Waals surface area (Å²) in [5, 5.41) is 10.0. The minimum atomic E-state index is -0.865. The summed E-state index contributed by atoms with van der Waals surface area (Å²) in [6, 6.07) is 14.5. The Morgan fingerprint density at radius 3 is 2.77 bits per heavy atom. The summed E-state index contributed by atoms with van der Waals surface area (Å²) < 4.78 is 11.5. The third kappa shape index (κ3) is 2.95. The van der Waals surface area contributed by atoms with E-state index in [1.54, 1.807) is 24.3 Å². The second kappa shape index (κ2) is 7.36. The number of para-hydroxylation sites is 2. The van der Waals surface area contributed by atoms with Crippen LogP contribution in [0.2, 0.25) is 0 Å². The van der Waals surface area contributed by atoms with E-state index >= 15 is 0 Å². The number of carbonyl (C=O) groups is 1. The van der Waals surface area contributed by atoms with Crippen LogP contribution in [0.3, 0.4) is 0 Å². The quantitative estimate of drug-likeness (QED) is 0.505. The second-order valence-corrected chi connectivity index (χ2v) is 7.13. The summed E-state index contributed by atoms with van der Waals surface area (Å²) in [5.74, 6) is 6.44. The van der Waals surface area contributed by atoms with Gasteiger partial charge in [0.1, 0.15) is 6.10 Å². The molecule has 2 aliphatic rings. The Morgan fingerprint density at radius 1 is 1.17 bits per heavy atom. The Hall–Kier alpha value is -3.56. The number of hydrogen-bond donors (Lipinski definition) is 2. The molecule has 9 nitrogen and oxygen atoms in total. The summed E-state index contributed by atoms with van der Waals surface area (Å²) in [7, 11) is 0. The van der Waals surface area contributed by atoms with Crippen LogP contribution in [0.1, 0.15) is 16.8 Å². The van der Waals surface area contributed by atoms with Gasteiger partial charge in [0, 0.05) is 12.6 Å². The summed E-state index contributed by atoms with van der Waals surface area (Å²) in [4.78, 5) is 23.8. The van der Waals surface area contributed by atoms with Crippen molar-refractivity contribution in [2.24, 2.45) is 5.84 Å². The number of benzene rings is 2. The summed E-state index contributed by atoms with van der Waals surface area (Å²) >= 11 is 0. The van der Waals surface area contributed by atoms with E-state index in [0.717, 1.165) is 18.0 Å². The molecule has 1 amide bonds. The Balaban J connectivity index is 1.64. The molecular weight excluding hydrogens is 384 g/mol. The third-order valence-corrected chi connectivity index (χ3v) is 5.27. The van der Waals surface area contributed by atoms with Crippen LogP contribution in [0.4, 0.5) is 11.6 Å². The van der Waals surface area contributed by atoms with E-state index in [4.69, 9.17) is 20.7 Å². The zero-order valence-electron chi connectivity index (χ0n) is 16.1. The van der Waals surface area contributed by atoms with Crippen molar-refractivity contribution in [1.82, 2.24) is 9.97 Å². The van der Waals surface area contributed by atoms with Crippen LogP contribution in [0.25, 0.3) is 10.9 Å². The van der Waals surface area contributed by atoms with Crippen LogP contribution in [0.5, 0.6) is 5.88 Å². The normalized spacial score (nSPS) is 21.0. The molecule has 1 aromatic heterocycles. The molecule has 0 aliphatic carbocycles. The van der Waals surface area contributed by atoms with E-state index in [1.807, 2.05) is 24.3 Å². The van der Waals surface area contributed by atoms with Crippen molar-refractivity contribution in [2.75, 3.05) is 23.1 Å². The number of rotatable bonds is 4. The van der Waals surface area contributed by atoms with Crippen molar-refractivity contribution in [3.8, 4) is 5.88 Å². The van der Waals surface area contributed by atoms with Gasteiger partial charge in [-0.05, 0) is 24.3 Å². The number of carbonyl (C=O) groups excluding carboxylic acids is 1. The van der Waals surface area contributed by atoms with Gasteiger partial charge in [-0.25, -0.2) is 15.7 Å². The molecule has 0 bridgehead atoms. The monoisotopic (exact) mass is 404 g/mol. The SMILES string of the molecule is N=CC1N(N)c2ccccc2C(=O)N1c1nc(OC2CCOC2)c2ccccc2n1. The van der Waals surface area contributed by atoms with Gasteiger partial charge >= 0.3 is 0 Å². The van der Waals surface area contributed by atoms with Crippen LogP contribution in [0, 0.1) is 5.41 Å². The van der Waals surface area contributed by atoms with Gasteiger partial charge in [-0.15, -0.1) is 0 Å². The highest BCUT2D eigenvalue weighted by molar-refractivity contribution is 6.14. The number of nitrogens with zero attached hydrogens (tertiary/aromatic N) is 4. The molecule has 2 aromatic carbocycles. The van der Waals surface area contributed by atoms with E-state index in [-0.39, 0.29) is 18.0 Å². The predicted molar refractivity (Wildman–Crippen MR) is 112 cm³/mol. The van der Waals surface area contributed by atoms with Crippen LogP contribution in [-0.2, 0) is 4.74 Å². The fourth-order valence-corrected chi connectivity index (χ4v) is 3.76. The Bertz CT molecular complexity index is 1130. The van der Waals surface area contributed by atoms with Gasteiger partial charge in [-0.2, -0.15) is 4.98 Å². The van der Waals surface area contributed by atoms with Crippen molar-refractivity contribution in [1.29, 1.82) is 5.41 Å². The number of anilines is 2. The smallest absolute Gasteiger partial charge is 0.264 e. The standard InChI is InChI=1S/C21H20N6O3/c22-11-18-26(20(28)15-6-2-4-8-17(15)27(18)23)21-24-16-7-3-1-5-14(16)19(25-21)30-13-9-10-29-12-13/h1-8,11,13,18,22H,9-10,12,23H2. The highest BCUT2D eigenvalue weighted by Crippen LogP contribution is 2.33. The first-order valence-electron chi connectivity index (χ1n) is 9.65. The maximum Gasteiger partial charge on any atom is 0.264 e. The molecule has 3 heterocycles. The van der Waals surface area contributed by atoms with Crippen molar-refractivity contribution < 1.29 is 14.3 Å². The molecule has 2 unspecified atom stereocenters. The molecule has 2 aliphatic heterocycles. The van der Waals surface area contributed by atoms with Gasteiger partial charge in [0.15, 0.2) is 6.17 Å². The van der Waals surface area contributed by atoms with Crippen molar-refractivity contribution in [3.63, 3.8) is 0 Å². The molecule has 2 atom stereocenters. The number of hydrazine groups is 1. The van der Waals surface area contributed by atoms with Gasteiger partial charge in [0.2, 0.25) is 11.8 Å². The fraction of sp³-hybridized carbons (Fsp3) is 0.238. The number of fused-ring (bicyclic) bond motifs is 2. The molecule has 5 rings (SSSR count). The minimum Gasteiger partial charge on any atom is -0.471 e. The van der Waals surface area contributed by atoms with Crippen molar-refractivity contribution in [3.05, 3.63) is 54.1 Å². The summed E-state index contributed by atoms with van der Waals surface area (Å²) in [5.41, 5.74) is 1.60. The lowest BCUT2D eigenvalue weighted by Gasteiger charge is -2.39. The van der Waals surface area contributed by atoms with Crippen LogP contribution in [-0.4, -0.2) is 47.6 Å². The largest absolute Gasteiger partial charge is 0.471 e. The number of nitrogens with one attached hydrogen (secondary N) is 1. The number of hydrogen-bond acceptors (Lipinski definition) is 8. The Labute approximate surface area is 172 Å². The molecule has 152 valence electrons. The van der Waals surface area contributed by atoms with Gasteiger partial charge < -0.3 is 14.9 Å². The lowest BCUT2D eigenvalue weighted by molar-refractivity contribution is 0.0974. The number of nitrogens with two attached hydrogens (primary N) is 1. The summed E-state index contributed by atoms with van der Waals surface area (Å²) in [6.45, 7) is 1.13. The fourth-order valence-electron chi connectivity index (χ4n) is 3.76. The number of aromatic nitrogens is 2. The maximum absolute atomic E-state index is 13.3. The van der Waals surface area contributed by atoms with Crippen LogP contribution >= 0.6 is 0 Å². The van der Waals surface area contributed by atoms with Crippen LogP contribution in [0.15, 0.2) is 48.5 Å². The van der Waals surface area contributed by atoms with Crippen molar-refractivity contribution >= 4 is 34.7 Å². The van der Waals surface area contributed by atoms with E-state index in [1.165, 1.54) is 9.91 Å². The second-order valence-electron chi connectivity index (χ2n) is 7.13. The summed E-state index contributed by atoms with van der Waals surface area (Å²) in [6.07, 6.45) is 0.885. The predicted octanol–water partition coefficient (Wildman–Crippen LogP) is 2.11. The van der Waals surface area contributed by atoms with Crippen LogP contribution < -0.4 is 20.5 Å². The Morgan fingerprint density at radius 2 is 1.97 bits per heavy atom. The molecule has 0 spiro atoms. The number of amides is 1. The number of ether oxygens (including phenoxy) is 2. The van der Waals surface area contributed by atoms with E-state index in [9.17, 15) is 4.79 Å². The van der Waals surface area contributed by atoms with Gasteiger partial charge in [0.05, 0.1) is 35.4 Å². The van der Waals surface area contributed by atoms with Gasteiger partial charge in [-0.3, -0.25) is 9.80 Å². The molecule has 3 aromatic rings. The maximum atomic E-state index is 13.3. The molecule has 1 fully saturated rings. The zero-order chi connectivity index (χ0) is 20.7. The molecule has 3 N–H and O–H groups in total. The molecule has 0 saturated carbocycles. The lowest BCUT2D eigenvalue weighted by atomic mass is 10.1. The highest BCUT2D eigenvalue weighted by Gasteiger charge is 2.38. The average Bonchev–Trinajstić information content (AvgIpc) is 3.29. The van der Waals surface area contributed by atoms with E-state index in [2.05, 4.69) is 9.97 Å². The third-order valence-electron chi connectivity index (χ3n) is 5.27. The first-order chi connectivity index (χ1) is 14.7. The minimum absolute atomic E-state index is 0.113. The van der Waals surface area contributed by atoms with E-state index < -0.39 is 6.17 Å². The average molecular weight is 404 g/mol. The zero-order valence-corrected chi connectivity index (χ0v) is 16.1. The topological polar surface area (TPSA) is 118 Å². The van der Waals surface area contributed by atoms with Gasteiger partial charge in [-0.1, -0.05) is 24.3 Å². The lowest BCUT2D eigenvalue weighted by Crippen LogP contribution is -2.59. The highest BCUT2D eigenvalue weighted by atomic mass is 16.5. The van der Waals surface area contributed by atoms with E-state index in [0.29, 0.717) is 35.9 Å². The molecule has 9 heteroatoms. The Kier molecular flexibility index (Phi) is 4.53. The van der Waals surface area contributed by atoms with Gasteiger partial charge in [0.25, 0.3) is 5.91 Å². The molecule has 0 radical (unpaired) electrons. The first-order valence-corrected chi connectivity index (χ1v) is 9.65.